The van der Waals surface area contributed by atoms with Gasteiger partial charge in [-0.2, -0.15) is 0 Å². The molecule has 0 aliphatic carbocycles. The summed E-state index contributed by atoms with van der Waals surface area (Å²) in [4.78, 5) is 8.19. The van der Waals surface area contributed by atoms with E-state index in [9.17, 15) is 4.39 Å². The van der Waals surface area contributed by atoms with Crippen LogP contribution in [0.4, 0.5) is 15.9 Å². The predicted octanol–water partition coefficient (Wildman–Crippen LogP) is 3.83. The number of nitrogens with one attached hydrogen (secondary N) is 1. The molecule has 1 heterocycles. The molecule has 0 atom stereocenters. The summed E-state index contributed by atoms with van der Waals surface area (Å²) in [6.45, 7) is 1.99. The van der Waals surface area contributed by atoms with Crippen molar-refractivity contribution in [2.24, 2.45) is 0 Å². The number of benzene rings is 2. The van der Waals surface area contributed by atoms with Crippen LogP contribution in [0.5, 0.6) is 5.75 Å². The number of fused-ring (bicyclic) bond motifs is 1. The zero-order chi connectivity index (χ0) is 14.8. The van der Waals surface area contributed by atoms with Gasteiger partial charge in [0.1, 0.15) is 29.2 Å². The van der Waals surface area contributed by atoms with Crippen LogP contribution in [-0.2, 0) is 0 Å². The standard InChI is InChI=1S/C16H14FN3O/c1-10-6-7-14(21-2)13(8-10)20-16-11-4-3-5-12(17)15(11)18-9-19-16/h3-9H,1-2H3,(H,18,19,20). The number of para-hydroxylation sites is 1. The Kier molecular flexibility index (Phi) is 3.39. The zero-order valence-electron chi connectivity index (χ0n) is 11.7. The molecule has 106 valence electrons. The van der Waals surface area contributed by atoms with Crippen molar-refractivity contribution >= 4 is 22.4 Å². The summed E-state index contributed by atoms with van der Waals surface area (Å²) in [5, 5.41) is 3.82. The fraction of sp³-hybridized carbons (Fsp3) is 0.125. The first kappa shape index (κ1) is 13.3. The molecule has 0 saturated carbocycles. The van der Waals surface area contributed by atoms with Crippen LogP contribution in [0.1, 0.15) is 5.56 Å². The van der Waals surface area contributed by atoms with Gasteiger partial charge in [-0.15, -0.1) is 0 Å². The van der Waals surface area contributed by atoms with E-state index in [-0.39, 0.29) is 5.82 Å². The largest absolute Gasteiger partial charge is 0.495 e. The molecule has 1 aromatic heterocycles. The van der Waals surface area contributed by atoms with Crippen LogP contribution in [0.15, 0.2) is 42.7 Å². The Bertz CT molecular complexity index is 805. The Morgan fingerprint density at radius 1 is 1.14 bits per heavy atom. The molecule has 0 spiro atoms. The van der Waals surface area contributed by atoms with Crippen molar-refractivity contribution in [3.63, 3.8) is 0 Å². The summed E-state index contributed by atoms with van der Waals surface area (Å²) in [7, 11) is 1.60. The maximum absolute atomic E-state index is 13.8. The summed E-state index contributed by atoms with van der Waals surface area (Å²) in [5.41, 5.74) is 2.16. The second kappa shape index (κ2) is 5.36. The van der Waals surface area contributed by atoms with Gasteiger partial charge in [0, 0.05) is 5.39 Å². The van der Waals surface area contributed by atoms with Crippen molar-refractivity contribution in [1.29, 1.82) is 0 Å². The number of methoxy groups -OCH3 is 1. The van der Waals surface area contributed by atoms with Gasteiger partial charge < -0.3 is 10.1 Å². The fourth-order valence-electron chi connectivity index (χ4n) is 2.20. The van der Waals surface area contributed by atoms with Crippen LogP contribution in [0.25, 0.3) is 10.9 Å². The van der Waals surface area contributed by atoms with E-state index in [1.807, 2.05) is 25.1 Å². The van der Waals surface area contributed by atoms with Gasteiger partial charge in [0.2, 0.25) is 0 Å². The van der Waals surface area contributed by atoms with E-state index in [2.05, 4.69) is 15.3 Å². The Morgan fingerprint density at radius 3 is 2.81 bits per heavy atom. The number of halogens is 1. The van der Waals surface area contributed by atoms with E-state index >= 15 is 0 Å². The quantitative estimate of drug-likeness (QED) is 0.793. The van der Waals surface area contributed by atoms with Gasteiger partial charge in [-0.1, -0.05) is 12.1 Å². The number of anilines is 2. The van der Waals surface area contributed by atoms with Crippen molar-refractivity contribution in [2.75, 3.05) is 12.4 Å². The molecular weight excluding hydrogens is 269 g/mol. The minimum Gasteiger partial charge on any atom is -0.495 e. The van der Waals surface area contributed by atoms with E-state index in [0.29, 0.717) is 22.5 Å². The predicted molar refractivity (Wildman–Crippen MR) is 80.5 cm³/mol. The maximum Gasteiger partial charge on any atom is 0.149 e. The number of hydrogen-bond acceptors (Lipinski definition) is 4. The number of rotatable bonds is 3. The van der Waals surface area contributed by atoms with Gasteiger partial charge in [-0.25, -0.2) is 14.4 Å². The van der Waals surface area contributed by atoms with Gasteiger partial charge in [0.05, 0.1) is 12.8 Å². The number of hydrogen-bond donors (Lipinski definition) is 1. The zero-order valence-corrected chi connectivity index (χ0v) is 11.7. The normalized spacial score (nSPS) is 10.6. The van der Waals surface area contributed by atoms with Crippen LogP contribution >= 0.6 is 0 Å². The third kappa shape index (κ3) is 2.50. The van der Waals surface area contributed by atoms with Crippen LogP contribution in [0.3, 0.4) is 0 Å². The van der Waals surface area contributed by atoms with Crippen molar-refractivity contribution in [2.45, 2.75) is 6.92 Å². The molecular formula is C16H14FN3O. The summed E-state index contributed by atoms with van der Waals surface area (Å²) in [6.07, 6.45) is 1.34. The lowest BCUT2D eigenvalue weighted by Gasteiger charge is -2.12. The van der Waals surface area contributed by atoms with Gasteiger partial charge in [0.25, 0.3) is 0 Å². The SMILES string of the molecule is COc1ccc(C)cc1Nc1ncnc2c(F)cccc12. The smallest absolute Gasteiger partial charge is 0.149 e. The highest BCUT2D eigenvalue weighted by atomic mass is 19.1. The molecule has 3 rings (SSSR count). The lowest BCUT2D eigenvalue weighted by molar-refractivity contribution is 0.416. The molecule has 0 unspecified atom stereocenters. The Hall–Kier alpha value is -2.69. The molecule has 4 nitrogen and oxygen atoms in total. The van der Waals surface area contributed by atoms with E-state index in [0.717, 1.165) is 11.3 Å². The monoisotopic (exact) mass is 283 g/mol. The summed E-state index contributed by atoms with van der Waals surface area (Å²) in [5.74, 6) is 0.876. The third-order valence-electron chi connectivity index (χ3n) is 3.22. The lowest BCUT2D eigenvalue weighted by atomic mass is 10.2. The minimum absolute atomic E-state index is 0.293. The maximum atomic E-state index is 13.8. The molecule has 0 fully saturated rings. The number of aryl methyl sites for hydroxylation is 1. The first-order valence-corrected chi connectivity index (χ1v) is 6.50. The molecule has 0 saturated heterocycles. The first-order chi connectivity index (χ1) is 10.2. The summed E-state index contributed by atoms with van der Waals surface area (Å²) < 4.78 is 19.1. The molecule has 1 N–H and O–H groups in total. The van der Waals surface area contributed by atoms with Gasteiger partial charge in [0.15, 0.2) is 0 Å². The van der Waals surface area contributed by atoms with Gasteiger partial charge in [-0.3, -0.25) is 0 Å². The minimum atomic E-state index is -0.367. The second-order valence-corrected chi connectivity index (χ2v) is 4.69. The summed E-state index contributed by atoms with van der Waals surface area (Å²) >= 11 is 0. The average Bonchev–Trinajstić information content (AvgIpc) is 2.49. The number of aromatic nitrogens is 2. The van der Waals surface area contributed by atoms with Crippen LogP contribution < -0.4 is 10.1 Å². The van der Waals surface area contributed by atoms with Crippen molar-refractivity contribution in [3.8, 4) is 5.75 Å². The first-order valence-electron chi connectivity index (χ1n) is 6.50. The van der Waals surface area contributed by atoms with Crippen molar-refractivity contribution < 1.29 is 9.13 Å². The summed E-state index contributed by atoms with van der Waals surface area (Å²) in [6, 6.07) is 10.6. The molecule has 21 heavy (non-hydrogen) atoms. The number of nitrogens with zero attached hydrogens (tertiary/aromatic N) is 2. The number of ether oxygens (including phenoxy) is 1. The van der Waals surface area contributed by atoms with Crippen molar-refractivity contribution in [3.05, 3.63) is 54.1 Å². The van der Waals surface area contributed by atoms with Crippen molar-refractivity contribution in [1.82, 2.24) is 9.97 Å². The molecule has 3 aromatic rings. The highest BCUT2D eigenvalue weighted by Gasteiger charge is 2.10. The fourth-order valence-corrected chi connectivity index (χ4v) is 2.20. The molecule has 0 bridgehead atoms. The average molecular weight is 283 g/mol. The Morgan fingerprint density at radius 2 is 2.00 bits per heavy atom. The molecule has 0 amide bonds. The highest BCUT2D eigenvalue weighted by Crippen LogP contribution is 2.30. The van der Waals surface area contributed by atoms with E-state index in [4.69, 9.17) is 4.74 Å². The molecule has 5 heteroatoms. The van der Waals surface area contributed by atoms with Gasteiger partial charge >= 0.3 is 0 Å². The molecule has 2 aromatic carbocycles. The van der Waals surface area contributed by atoms with Crippen LogP contribution in [-0.4, -0.2) is 17.1 Å². The lowest BCUT2D eigenvalue weighted by Crippen LogP contribution is -1.99. The second-order valence-electron chi connectivity index (χ2n) is 4.69. The molecule has 0 aliphatic rings. The van der Waals surface area contributed by atoms with Crippen LogP contribution in [0.2, 0.25) is 0 Å². The Balaban J connectivity index is 2.11. The van der Waals surface area contributed by atoms with Gasteiger partial charge in [-0.05, 0) is 36.8 Å². The topological polar surface area (TPSA) is 47.0 Å². The van der Waals surface area contributed by atoms with E-state index in [1.54, 1.807) is 19.2 Å². The third-order valence-corrected chi connectivity index (χ3v) is 3.22. The molecule has 0 aliphatic heterocycles. The Labute approximate surface area is 121 Å². The van der Waals surface area contributed by atoms with E-state index in [1.165, 1.54) is 12.4 Å². The van der Waals surface area contributed by atoms with E-state index < -0.39 is 0 Å². The molecule has 0 radical (unpaired) electrons. The highest BCUT2D eigenvalue weighted by molar-refractivity contribution is 5.91. The van der Waals surface area contributed by atoms with Crippen LogP contribution in [0, 0.1) is 12.7 Å².